The van der Waals surface area contributed by atoms with Crippen molar-refractivity contribution in [1.29, 1.82) is 0 Å². The molecule has 3 atom stereocenters. The monoisotopic (exact) mass is 350 g/mol. The molecule has 0 unspecified atom stereocenters. The lowest BCUT2D eigenvalue weighted by Crippen LogP contribution is -2.46. The summed E-state index contributed by atoms with van der Waals surface area (Å²) in [6, 6.07) is 9.97. The molecule has 0 fully saturated rings. The van der Waals surface area contributed by atoms with Crippen molar-refractivity contribution in [3.8, 4) is 0 Å². The average Bonchev–Trinajstić information content (AvgIpc) is 2.53. The van der Waals surface area contributed by atoms with Crippen molar-refractivity contribution >= 4 is 8.32 Å². The first kappa shape index (κ1) is 19.3. The fourth-order valence-electron chi connectivity index (χ4n) is 2.12. The molecule has 1 aromatic rings. The molecule has 0 radical (unpaired) electrons. The Kier molecular flexibility index (Phi) is 6.39. The number of hydrogen-bond acceptors (Lipinski definition) is 4. The molecule has 0 aromatic heterocycles. The van der Waals surface area contributed by atoms with Gasteiger partial charge in [-0.2, -0.15) is 0 Å². The van der Waals surface area contributed by atoms with Crippen LogP contribution in [0.4, 0.5) is 0 Å². The highest BCUT2D eigenvalue weighted by molar-refractivity contribution is 6.74. The highest BCUT2D eigenvalue weighted by atomic mass is 28.4. The third-order valence-corrected chi connectivity index (χ3v) is 9.33. The van der Waals surface area contributed by atoms with Crippen LogP contribution in [0.15, 0.2) is 42.5 Å². The second-order valence-corrected chi connectivity index (χ2v) is 12.6. The van der Waals surface area contributed by atoms with Crippen molar-refractivity contribution in [3.05, 3.63) is 48.0 Å². The van der Waals surface area contributed by atoms with E-state index in [1.165, 1.54) is 0 Å². The molecule has 1 heterocycles. The van der Waals surface area contributed by atoms with Gasteiger partial charge in [-0.15, -0.1) is 0 Å². The maximum absolute atomic E-state index is 10.1. The molecule has 0 aliphatic carbocycles. The van der Waals surface area contributed by atoms with E-state index in [0.29, 0.717) is 13.2 Å². The molecule has 2 rings (SSSR count). The van der Waals surface area contributed by atoms with Crippen molar-refractivity contribution in [2.45, 2.75) is 64.0 Å². The van der Waals surface area contributed by atoms with Crippen molar-refractivity contribution in [2.24, 2.45) is 0 Å². The van der Waals surface area contributed by atoms with E-state index < -0.39 is 26.8 Å². The summed E-state index contributed by atoms with van der Waals surface area (Å²) in [6.07, 6.45) is 1.98. The third kappa shape index (κ3) is 5.26. The smallest absolute Gasteiger partial charge is 0.192 e. The minimum atomic E-state index is -1.87. The molecule has 0 spiro atoms. The van der Waals surface area contributed by atoms with E-state index in [4.69, 9.17) is 13.9 Å². The van der Waals surface area contributed by atoms with Crippen molar-refractivity contribution < 1.29 is 19.0 Å². The Morgan fingerprint density at radius 3 is 2.42 bits per heavy atom. The lowest BCUT2D eigenvalue weighted by molar-refractivity contribution is -0.183. The van der Waals surface area contributed by atoms with E-state index in [2.05, 4.69) is 33.9 Å². The second kappa shape index (κ2) is 7.93. The molecule has 1 aliphatic heterocycles. The maximum Gasteiger partial charge on any atom is 0.192 e. The van der Waals surface area contributed by atoms with E-state index in [0.717, 1.165) is 5.56 Å². The lowest BCUT2D eigenvalue weighted by atomic mass is 10.1. The minimum absolute atomic E-state index is 0.131. The van der Waals surface area contributed by atoms with E-state index in [9.17, 15) is 5.11 Å². The maximum atomic E-state index is 10.1. The number of benzene rings is 1. The summed E-state index contributed by atoms with van der Waals surface area (Å²) in [5.74, 6) is 0. The van der Waals surface area contributed by atoms with Crippen LogP contribution in [0, 0.1) is 0 Å². The van der Waals surface area contributed by atoms with Crippen LogP contribution in [0.1, 0.15) is 26.3 Å². The highest BCUT2D eigenvalue weighted by Crippen LogP contribution is 2.36. The quantitative estimate of drug-likeness (QED) is 0.625. The lowest BCUT2D eigenvalue weighted by Gasteiger charge is -2.38. The van der Waals surface area contributed by atoms with Gasteiger partial charge in [0.2, 0.25) is 0 Å². The molecule has 1 N–H and O–H groups in total. The average molecular weight is 351 g/mol. The highest BCUT2D eigenvalue weighted by Gasteiger charge is 2.38. The van der Waals surface area contributed by atoms with Crippen LogP contribution in [-0.4, -0.2) is 38.5 Å². The number of ether oxygens (including phenoxy) is 2. The Morgan fingerprint density at radius 1 is 1.12 bits per heavy atom. The van der Waals surface area contributed by atoms with Crippen LogP contribution >= 0.6 is 0 Å². The zero-order valence-corrected chi connectivity index (χ0v) is 16.4. The fourth-order valence-corrected chi connectivity index (χ4v) is 3.13. The summed E-state index contributed by atoms with van der Waals surface area (Å²) in [6.45, 7) is 11.8. The predicted octanol–water partition coefficient (Wildman–Crippen LogP) is 3.87. The first-order chi connectivity index (χ1) is 11.2. The Morgan fingerprint density at radius 2 is 1.79 bits per heavy atom. The fraction of sp³-hybridized carbons (Fsp3) is 0.579. The number of aliphatic hydroxyl groups excluding tert-OH is 1. The van der Waals surface area contributed by atoms with Gasteiger partial charge in [-0.25, -0.2) is 0 Å². The zero-order valence-electron chi connectivity index (χ0n) is 15.4. The summed E-state index contributed by atoms with van der Waals surface area (Å²) in [5.41, 5.74) is 1.09. The minimum Gasteiger partial charge on any atom is -0.414 e. The van der Waals surface area contributed by atoms with Gasteiger partial charge in [-0.1, -0.05) is 57.2 Å². The molecule has 0 bridgehead atoms. The van der Waals surface area contributed by atoms with E-state index in [1.54, 1.807) is 12.2 Å². The van der Waals surface area contributed by atoms with Gasteiger partial charge in [0.25, 0.3) is 0 Å². The number of hydrogen-bond donors (Lipinski definition) is 1. The van der Waals surface area contributed by atoms with Gasteiger partial charge in [0.1, 0.15) is 12.2 Å². The van der Waals surface area contributed by atoms with Crippen molar-refractivity contribution in [2.75, 3.05) is 6.61 Å². The van der Waals surface area contributed by atoms with E-state index in [1.807, 2.05) is 30.3 Å². The largest absolute Gasteiger partial charge is 0.414 e. The van der Waals surface area contributed by atoms with Crippen LogP contribution in [0.3, 0.4) is 0 Å². The Balaban J connectivity index is 1.87. The first-order valence-electron chi connectivity index (χ1n) is 8.50. The summed E-state index contributed by atoms with van der Waals surface area (Å²) >= 11 is 0. The molecule has 0 saturated carbocycles. The van der Waals surface area contributed by atoms with Gasteiger partial charge in [-0.05, 0) is 29.8 Å². The Bertz CT molecular complexity index is 536. The van der Waals surface area contributed by atoms with Gasteiger partial charge in [0.05, 0.1) is 13.2 Å². The van der Waals surface area contributed by atoms with Gasteiger partial charge < -0.3 is 19.0 Å². The van der Waals surface area contributed by atoms with Crippen molar-refractivity contribution in [1.82, 2.24) is 0 Å². The zero-order chi connectivity index (χ0) is 17.8. The molecule has 1 aliphatic rings. The molecule has 24 heavy (non-hydrogen) atoms. The van der Waals surface area contributed by atoms with Crippen LogP contribution in [-0.2, 0) is 20.5 Å². The predicted molar refractivity (Wildman–Crippen MR) is 98.2 cm³/mol. The normalized spacial score (nSPS) is 25.0. The van der Waals surface area contributed by atoms with Gasteiger partial charge in [-0.3, -0.25) is 0 Å². The summed E-state index contributed by atoms with van der Waals surface area (Å²) in [4.78, 5) is 0. The Hall–Kier alpha value is -0.983. The standard InChI is InChI=1S/C19H30O4Si/c1-19(2,3)24(4,5)22-14-17-16(20)11-12-18(23-17)21-13-15-9-7-6-8-10-15/h6-12,16-18,20H,13-14H2,1-5H3/t16-,17-,18+/m1/s1. The topological polar surface area (TPSA) is 47.9 Å². The molecule has 5 heteroatoms. The molecule has 1 aromatic carbocycles. The molecular formula is C19H30O4Si. The second-order valence-electron chi connectivity index (χ2n) is 7.79. The van der Waals surface area contributed by atoms with Crippen LogP contribution in [0.5, 0.6) is 0 Å². The first-order valence-corrected chi connectivity index (χ1v) is 11.4. The SMILES string of the molecule is CC(C)(C)[Si](C)(C)OC[C@H]1O[C@H](OCc2ccccc2)C=C[C@H]1O. The van der Waals surface area contributed by atoms with Crippen LogP contribution < -0.4 is 0 Å². The number of aliphatic hydroxyl groups is 1. The molecule has 4 nitrogen and oxygen atoms in total. The molecule has 0 amide bonds. The third-order valence-electron chi connectivity index (χ3n) is 4.83. The van der Waals surface area contributed by atoms with Crippen LogP contribution in [0.25, 0.3) is 0 Å². The Labute approximate surface area is 146 Å². The summed E-state index contributed by atoms with van der Waals surface area (Å²) < 4.78 is 17.8. The van der Waals surface area contributed by atoms with E-state index in [-0.39, 0.29) is 5.04 Å². The van der Waals surface area contributed by atoms with Gasteiger partial charge >= 0.3 is 0 Å². The van der Waals surface area contributed by atoms with Crippen molar-refractivity contribution in [3.63, 3.8) is 0 Å². The van der Waals surface area contributed by atoms with E-state index >= 15 is 0 Å². The van der Waals surface area contributed by atoms with Gasteiger partial charge in [0.15, 0.2) is 14.6 Å². The number of rotatable bonds is 6. The van der Waals surface area contributed by atoms with Crippen LogP contribution in [0.2, 0.25) is 18.1 Å². The molecule has 134 valence electrons. The summed E-state index contributed by atoms with van der Waals surface area (Å²) in [7, 11) is -1.87. The molecule has 0 saturated heterocycles. The summed E-state index contributed by atoms with van der Waals surface area (Å²) in [5, 5.41) is 10.3. The van der Waals surface area contributed by atoms with Gasteiger partial charge in [0, 0.05) is 0 Å². The molecular weight excluding hydrogens is 320 g/mol.